The molecule has 0 aromatic heterocycles. The van der Waals surface area contributed by atoms with Crippen LogP contribution in [-0.2, 0) is 19.1 Å². The van der Waals surface area contributed by atoms with Crippen molar-refractivity contribution in [3.05, 3.63) is 44.6 Å². The van der Waals surface area contributed by atoms with E-state index < -0.39 is 17.0 Å². The van der Waals surface area contributed by atoms with Crippen molar-refractivity contribution >= 4 is 11.6 Å². The summed E-state index contributed by atoms with van der Waals surface area (Å²) in [4.78, 5) is 36.8. The van der Waals surface area contributed by atoms with E-state index in [0.717, 1.165) is 19.3 Å². The van der Waals surface area contributed by atoms with Crippen molar-refractivity contribution in [1.82, 2.24) is 0 Å². The molecule has 1 aliphatic carbocycles. The van der Waals surface area contributed by atoms with Gasteiger partial charge in [-0.05, 0) is 31.3 Å². The summed E-state index contributed by atoms with van der Waals surface area (Å²) in [5.41, 5.74) is 0.0822. The molecule has 7 nitrogen and oxygen atoms in total. The van der Waals surface area contributed by atoms with Crippen molar-refractivity contribution in [3.8, 4) is 0 Å². The molecule has 0 spiro atoms. The molecule has 1 rings (SSSR count). The molecule has 0 amide bonds. The minimum Gasteiger partial charge on any atom is -0.489 e. The minimum absolute atomic E-state index is 0.103. The van der Waals surface area contributed by atoms with Gasteiger partial charge >= 0.3 is 0 Å². The number of rotatable bonds is 16. The molecular formula is C26H41NO6. The number of ether oxygens (including phenoxy) is 2. The summed E-state index contributed by atoms with van der Waals surface area (Å²) in [6.45, 7) is 7.47. The third-order valence-corrected chi connectivity index (χ3v) is 6.06. The third kappa shape index (κ3) is 8.78. The first-order valence-electron chi connectivity index (χ1n) is 12.1. The van der Waals surface area contributed by atoms with Gasteiger partial charge in [0.05, 0.1) is 19.1 Å². The molecule has 0 aliphatic heterocycles. The third-order valence-electron chi connectivity index (χ3n) is 6.06. The lowest BCUT2D eigenvalue weighted by Gasteiger charge is -2.26. The maximum Gasteiger partial charge on any atom is 0.242 e. The predicted molar refractivity (Wildman–Crippen MR) is 129 cm³/mol. The Kier molecular flexibility index (Phi) is 12.1. The topological polar surface area (TPSA) is 95.7 Å². The number of methoxy groups -OCH3 is 2. The fourth-order valence-corrected chi connectivity index (χ4v) is 4.20. The van der Waals surface area contributed by atoms with Crippen LogP contribution in [-0.4, -0.2) is 30.7 Å². The van der Waals surface area contributed by atoms with Gasteiger partial charge in [0.25, 0.3) is 0 Å². The number of ketones is 2. The summed E-state index contributed by atoms with van der Waals surface area (Å²) in [7, 11) is 2.64. The highest BCUT2D eigenvalue weighted by atomic mass is 16.6. The van der Waals surface area contributed by atoms with Gasteiger partial charge in [-0.2, -0.15) is 0 Å². The highest BCUT2D eigenvalue weighted by Crippen LogP contribution is 2.36. The molecule has 0 aromatic carbocycles. The zero-order valence-electron chi connectivity index (χ0n) is 21.3. The van der Waals surface area contributed by atoms with Crippen LogP contribution in [0.25, 0.3) is 0 Å². The maximum absolute atomic E-state index is 12.9. The lowest BCUT2D eigenvalue weighted by atomic mass is 9.79. The Balaban J connectivity index is 2.78. The van der Waals surface area contributed by atoms with Gasteiger partial charge in [0.1, 0.15) is 0 Å². The number of unbranched alkanes of at least 4 members (excludes halogenated alkanes) is 8. The lowest BCUT2D eigenvalue weighted by molar-refractivity contribution is -0.428. The Morgan fingerprint density at radius 3 is 1.88 bits per heavy atom. The van der Waals surface area contributed by atoms with Crippen molar-refractivity contribution in [2.24, 2.45) is 5.41 Å². The molecule has 0 saturated heterocycles. The quantitative estimate of drug-likeness (QED) is 0.113. The van der Waals surface area contributed by atoms with Crippen LogP contribution in [0, 0.1) is 15.5 Å². The molecule has 0 fully saturated rings. The second-order valence-corrected chi connectivity index (χ2v) is 9.46. The van der Waals surface area contributed by atoms with Crippen LogP contribution in [0.3, 0.4) is 0 Å². The molecular weight excluding hydrogens is 422 g/mol. The molecule has 1 aliphatic rings. The lowest BCUT2D eigenvalue weighted by Crippen LogP contribution is -2.27. The standard InChI is InChI=1S/C26H41NO6/c1-7-8-9-10-11-12-13-14-15-16-20(27(30)31)17-26(3,4)18-21-19(2)22(28)24(32-5)25(33-6)23(21)29/h17H,7-16,18H2,1-6H3/b20-17+. The van der Waals surface area contributed by atoms with E-state index in [2.05, 4.69) is 6.92 Å². The average molecular weight is 464 g/mol. The van der Waals surface area contributed by atoms with Gasteiger partial charge in [0, 0.05) is 17.6 Å². The van der Waals surface area contributed by atoms with E-state index >= 15 is 0 Å². The number of hydrogen-bond donors (Lipinski definition) is 0. The largest absolute Gasteiger partial charge is 0.489 e. The highest BCUT2D eigenvalue weighted by Gasteiger charge is 2.37. The Labute approximate surface area is 198 Å². The van der Waals surface area contributed by atoms with E-state index in [4.69, 9.17) is 9.47 Å². The van der Waals surface area contributed by atoms with E-state index in [9.17, 15) is 19.7 Å². The average Bonchev–Trinajstić information content (AvgIpc) is 2.76. The zero-order valence-corrected chi connectivity index (χ0v) is 21.3. The highest BCUT2D eigenvalue weighted by molar-refractivity contribution is 6.23. The van der Waals surface area contributed by atoms with Gasteiger partial charge < -0.3 is 9.47 Å². The van der Waals surface area contributed by atoms with Gasteiger partial charge in [-0.1, -0.05) is 72.1 Å². The van der Waals surface area contributed by atoms with Gasteiger partial charge in [0.2, 0.25) is 28.8 Å². The van der Waals surface area contributed by atoms with Crippen LogP contribution >= 0.6 is 0 Å². The fraction of sp³-hybridized carbons (Fsp3) is 0.692. The summed E-state index contributed by atoms with van der Waals surface area (Å²) in [5.74, 6) is -1.03. The number of carbonyl (C=O) groups is 2. The number of carbonyl (C=O) groups excluding carboxylic acids is 2. The van der Waals surface area contributed by atoms with E-state index in [1.807, 2.05) is 13.8 Å². The van der Waals surface area contributed by atoms with Crippen LogP contribution in [0.4, 0.5) is 0 Å². The van der Waals surface area contributed by atoms with Crippen LogP contribution < -0.4 is 0 Å². The van der Waals surface area contributed by atoms with Crippen LogP contribution in [0.2, 0.25) is 0 Å². The Morgan fingerprint density at radius 2 is 1.39 bits per heavy atom. The molecule has 0 saturated carbocycles. The molecule has 0 bridgehead atoms. The van der Waals surface area contributed by atoms with E-state index in [1.165, 1.54) is 52.7 Å². The van der Waals surface area contributed by atoms with Crippen LogP contribution in [0.5, 0.6) is 0 Å². The Morgan fingerprint density at radius 1 is 0.909 bits per heavy atom. The SMILES string of the molecule is CCCCCCCCCCC/C(=C\C(C)(C)CC1=C(C)C(=O)C(OC)=C(OC)C1=O)[N+](=O)[O-]. The van der Waals surface area contributed by atoms with Gasteiger partial charge in [-0.25, -0.2) is 0 Å². The van der Waals surface area contributed by atoms with Gasteiger partial charge in [-0.15, -0.1) is 0 Å². The smallest absolute Gasteiger partial charge is 0.242 e. The summed E-state index contributed by atoms with van der Waals surface area (Å²) in [5, 5.41) is 11.7. The van der Waals surface area contributed by atoms with Crippen molar-refractivity contribution in [2.75, 3.05) is 14.2 Å². The summed E-state index contributed by atoms with van der Waals surface area (Å²) >= 11 is 0. The molecule has 0 N–H and O–H groups in total. The zero-order chi connectivity index (χ0) is 25.0. The molecule has 33 heavy (non-hydrogen) atoms. The second kappa shape index (κ2) is 14.0. The Hall–Kier alpha value is -2.44. The monoisotopic (exact) mass is 463 g/mol. The van der Waals surface area contributed by atoms with E-state index in [-0.39, 0.29) is 28.6 Å². The molecule has 0 heterocycles. The predicted octanol–water partition coefficient (Wildman–Crippen LogP) is 6.46. The molecule has 0 atom stereocenters. The summed E-state index contributed by atoms with van der Waals surface area (Å²) in [6.07, 6.45) is 12.6. The van der Waals surface area contributed by atoms with Gasteiger partial charge in [0.15, 0.2) is 0 Å². The first-order chi connectivity index (χ1) is 15.6. The molecule has 7 heteroatoms. The normalized spacial score (nSPS) is 15.4. The second-order valence-electron chi connectivity index (χ2n) is 9.46. The molecule has 0 aromatic rings. The number of allylic oxidation sites excluding steroid dienone is 4. The first-order valence-corrected chi connectivity index (χ1v) is 12.1. The van der Waals surface area contributed by atoms with Crippen molar-refractivity contribution < 1.29 is 24.0 Å². The van der Waals surface area contributed by atoms with Crippen molar-refractivity contribution in [3.63, 3.8) is 0 Å². The minimum atomic E-state index is -0.683. The van der Waals surface area contributed by atoms with Gasteiger partial charge in [-0.3, -0.25) is 19.7 Å². The molecule has 186 valence electrons. The number of Topliss-reactive ketones (excluding diaryl/α,β-unsaturated/α-hetero) is 2. The molecule has 0 unspecified atom stereocenters. The first kappa shape index (κ1) is 28.6. The maximum atomic E-state index is 12.9. The Bertz CT molecular complexity index is 804. The van der Waals surface area contributed by atoms with Crippen LogP contribution in [0.15, 0.2) is 34.4 Å². The number of hydrogen-bond acceptors (Lipinski definition) is 6. The van der Waals surface area contributed by atoms with E-state index in [0.29, 0.717) is 17.6 Å². The van der Waals surface area contributed by atoms with Crippen LogP contribution in [0.1, 0.15) is 98.3 Å². The van der Waals surface area contributed by atoms with Crippen molar-refractivity contribution in [2.45, 2.75) is 98.3 Å². The number of nitrogens with zero attached hydrogens (tertiary/aromatic N) is 1. The summed E-state index contributed by atoms with van der Waals surface area (Å²) < 4.78 is 10.2. The molecule has 0 radical (unpaired) electrons. The fourth-order valence-electron chi connectivity index (χ4n) is 4.20. The van der Waals surface area contributed by atoms with E-state index in [1.54, 1.807) is 13.0 Å². The van der Waals surface area contributed by atoms with Crippen molar-refractivity contribution in [1.29, 1.82) is 0 Å². The number of nitro groups is 1. The summed E-state index contributed by atoms with van der Waals surface area (Å²) in [6, 6.07) is 0.